The first kappa shape index (κ1) is 17.9. The highest BCUT2D eigenvalue weighted by Gasteiger charge is 2.32. The summed E-state index contributed by atoms with van der Waals surface area (Å²) in [4.78, 5) is 11.0. The van der Waals surface area contributed by atoms with Crippen molar-refractivity contribution in [3.8, 4) is 17.2 Å². The van der Waals surface area contributed by atoms with Crippen LogP contribution in [0.5, 0.6) is 17.2 Å². The number of aryl methyl sites for hydroxylation is 1. The predicted molar refractivity (Wildman–Crippen MR) is 87.9 cm³/mol. The van der Waals surface area contributed by atoms with E-state index in [1.807, 2.05) is 6.07 Å². The van der Waals surface area contributed by atoms with Crippen molar-refractivity contribution in [1.29, 1.82) is 0 Å². The van der Waals surface area contributed by atoms with E-state index in [4.69, 9.17) is 19.3 Å². The standard InChI is InChI=1S/C17H23NO6/c1-22-13-9-10-5-4-6-12(18-21)11(7-8-14(19)20)15(10)17(24-3)16(13)23-2/h9,11,21H,4-8H2,1-3H3,(H,19,20). The molecular formula is C17H23NO6. The van der Waals surface area contributed by atoms with E-state index in [1.165, 1.54) is 14.2 Å². The molecule has 0 heterocycles. The third-order valence-electron chi connectivity index (χ3n) is 4.36. The number of carbonyl (C=O) groups is 1. The van der Waals surface area contributed by atoms with Crippen LogP contribution in [0.2, 0.25) is 0 Å². The van der Waals surface area contributed by atoms with Gasteiger partial charge in [0.15, 0.2) is 11.5 Å². The van der Waals surface area contributed by atoms with Gasteiger partial charge in [0.1, 0.15) is 0 Å². The molecule has 7 heteroatoms. The molecule has 0 saturated heterocycles. The summed E-state index contributed by atoms with van der Waals surface area (Å²) in [7, 11) is 4.62. The minimum absolute atomic E-state index is 0.0272. The maximum atomic E-state index is 11.0. The molecule has 1 aromatic carbocycles. The lowest BCUT2D eigenvalue weighted by atomic mass is 9.86. The summed E-state index contributed by atoms with van der Waals surface area (Å²) in [5.41, 5.74) is 2.39. The molecule has 1 aromatic rings. The van der Waals surface area contributed by atoms with Gasteiger partial charge in [0.2, 0.25) is 5.75 Å². The Balaban J connectivity index is 2.65. The molecule has 24 heavy (non-hydrogen) atoms. The lowest BCUT2D eigenvalue weighted by Crippen LogP contribution is -2.16. The van der Waals surface area contributed by atoms with E-state index in [1.54, 1.807) is 7.11 Å². The van der Waals surface area contributed by atoms with E-state index in [2.05, 4.69) is 5.16 Å². The molecule has 0 aliphatic heterocycles. The normalized spacial score (nSPS) is 18.6. The predicted octanol–water partition coefficient (Wildman–Crippen LogP) is 2.83. The molecule has 132 valence electrons. The van der Waals surface area contributed by atoms with Crippen molar-refractivity contribution in [3.63, 3.8) is 0 Å². The maximum absolute atomic E-state index is 11.0. The SMILES string of the molecule is COc1cc2c(c(OC)c1OC)C(CCC(=O)O)C(=NO)CCC2. The number of oxime groups is 1. The second-order valence-corrected chi connectivity index (χ2v) is 5.65. The molecule has 0 saturated carbocycles. The highest BCUT2D eigenvalue weighted by atomic mass is 16.5. The molecule has 0 amide bonds. The number of fused-ring (bicyclic) bond motifs is 1. The van der Waals surface area contributed by atoms with Crippen LogP contribution in [0.3, 0.4) is 0 Å². The molecular weight excluding hydrogens is 314 g/mol. The van der Waals surface area contributed by atoms with Crippen LogP contribution in [0, 0.1) is 0 Å². The summed E-state index contributed by atoms with van der Waals surface area (Å²) in [5.74, 6) is 0.300. The Morgan fingerprint density at radius 3 is 2.46 bits per heavy atom. The van der Waals surface area contributed by atoms with Crippen LogP contribution in [0.15, 0.2) is 11.2 Å². The second-order valence-electron chi connectivity index (χ2n) is 5.65. The lowest BCUT2D eigenvalue weighted by molar-refractivity contribution is -0.137. The van der Waals surface area contributed by atoms with Gasteiger partial charge in [-0.3, -0.25) is 4.79 Å². The molecule has 0 spiro atoms. The van der Waals surface area contributed by atoms with Gasteiger partial charge in [-0.05, 0) is 37.3 Å². The number of carboxylic acids is 1. The Hall–Kier alpha value is -2.44. The maximum Gasteiger partial charge on any atom is 0.303 e. The van der Waals surface area contributed by atoms with Gasteiger partial charge >= 0.3 is 5.97 Å². The second kappa shape index (κ2) is 7.90. The highest BCUT2D eigenvalue weighted by Crippen LogP contribution is 2.48. The molecule has 1 aliphatic carbocycles. The zero-order valence-electron chi connectivity index (χ0n) is 14.2. The molecule has 0 aromatic heterocycles. The summed E-state index contributed by atoms with van der Waals surface area (Å²) in [6.45, 7) is 0. The Morgan fingerprint density at radius 2 is 1.92 bits per heavy atom. The van der Waals surface area contributed by atoms with Crippen molar-refractivity contribution in [2.75, 3.05) is 21.3 Å². The highest BCUT2D eigenvalue weighted by molar-refractivity contribution is 5.93. The fourth-order valence-corrected chi connectivity index (χ4v) is 3.32. The van der Waals surface area contributed by atoms with E-state index in [0.29, 0.717) is 35.8 Å². The van der Waals surface area contributed by atoms with Gasteiger partial charge in [-0.15, -0.1) is 0 Å². The van der Waals surface area contributed by atoms with Crippen molar-refractivity contribution < 1.29 is 29.3 Å². The van der Waals surface area contributed by atoms with Crippen molar-refractivity contribution in [2.24, 2.45) is 5.16 Å². The van der Waals surface area contributed by atoms with E-state index in [0.717, 1.165) is 24.0 Å². The van der Waals surface area contributed by atoms with Gasteiger partial charge in [0, 0.05) is 17.9 Å². The molecule has 1 unspecified atom stereocenters. The van der Waals surface area contributed by atoms with Gasteiger partial charge in [-0.2, -0.15) is 0 Å². The van der Waals surface area contributed by atoms with Crippen LogP contribution in [0.1, 0.15) is 42.7 Å². The van der Waals surface area contributed by atoms with Crippen LogP contribution in [0.25, 0.3) is 0 Å². The van der Waals surface area contributed by atoms with Crippen molar-refractivity contribution in [2.45, 2.75) is 38.0 Å². The number of ether oxygens (including phenoxy) is 3. The number of methoxy groups -OCH3 is 3. The molecule has 1 atom stereocenters. The quantitative estimate of drug-likeness (QED) is 0.470. The summed E-state index contributed by atoms with van der Waals surface area (Å²) >= 11 is 0. The monoisotopic (exact) mass is 337 g/mol. The smallest absolute Gasteiger partial charge is 0.303 e. The van der Waals surface area contributed by atoms with Gasteiger partial charge in [0.25, 0.3) is 0 Å². The van der Waals surface area contributed by atoms with E-state index >= 15 is 0 Å². The number of benzene rings is 1. The van der Waals surface area contributed by atoms with E-state index < -0.39 is 5.97 Å². The third kappa shape index (κ3) is 3.39. The number of nitrogens with zero attached hydrogens (tertiary/aromatic N) is 1. The van der Waals surface area contributed by atoms with Crippen LogP contribution in [-0.2, 0) is 11.2 Å². The molecule has 2 N–H and O–H groups in total. The van der Waals surface area contributed by atoms with Crippen LogP contribution < -0.4 is 14.2 Å². The Bertz CT molecular complexity index is 640. The number of carboxylic acid groups (broad SMARTS) is 1. The van der Waals surface area contributed by atoms with Crippen LogP contribution in [0.4, 0.5) is 0 Å². The van der Waals surface area contributed by atoms with Crippen molar-refractivity contribution in [3.05, 3.63) is 17.2 Å². The van der Waals surface area contributed by atoms with Gasteiger partial charge < -0.3 is 24.5 Å². The first-order valence-corrected chi connectivity index (χ1v) is 7.81. The minimum atomic E-state index is -0.891. The topological polar surface area (TPSA) is 97.6 Å². The average Bonchev–Trinajstić information content (AvgIpc) is 2.76. The third-order valence-corrected chi connectivity index (χ3v) is 4.36. The molecule has 0 bridgehead atoms. The number of rotatable bonds is 6. The number of hydrogen-bond acceptors (Lipinski definition) is 6. The fraction of sp³-hybridized carbons (Fsp3) is 0.529. The molecule has 7 nitrogen and oxygen atoms in total. The Kier molecular flexibility index (Phi) is 5.89. The summed E-state index contributed by atoms with van der Waals surface area (Å²) in [5, 5.41) is 21.9. The van der Waals surface area contributed by atoms with Crippen molar-refractivity contribution in [1.82, 2.24) is 0 Å². The number of hydrogen-bond donors (Lipinski definition) is 2. The van der Waals surface area contributed by atoms with Gasteiger partial charge in [-0.1, -0.05) is 5.16 Å². The number of aliphatic carboxylic acids is 1. The average molecular weight is 337 g/mol. The first-order valence-electron chi connectivity index (χ1n) is 7.81. The molecule has 1 aliphatic rings. The molecule has 2 rings (SSSR count). The fourth-order valence-electron chi connectivity index (χ4n) is 3.32. The van der Waals surface area contributed by atoms with Crippen LogP contribution >= 0.6 is 0 Å². The summed E-state index contributed by atoms with van der Waals surface area (Å²) < 4.78 is 16.4. The van der Waals surface area contributed by atoms with E-state index in [-0.39, 0.29) is 12.3 Å². The zero-order chi connectivity index (χ0) is 17.7. The molecule has 0 radical (unpaired) electrons. The first-order chi connectivity index (χ1) is 11.6. The Morgan fingerprint density at radius 1 is 1.21 bits per heavy atom. The van der Waals surface area contributed by atoms with E-state index in [9.17, 15) is 10.0 Å². The summed E-state index contributed by atoms with van der Waals surface area (Å²) in [6, 6.07) is 1.89. The lowest BCUT2D eigenvalue weighted by Gasteiger charge is -2.23. The van der Waals surface area contributed by atoms with Crippen LogP contribution in [-0.4, -0.2) is 43.3 Å². The minimum Gasteiger partial charge on any atom is -0.493 e. The van der Waals surface area contributed by atoms with Crippen molar-refractivity contribution >= 4 is 11.7 Å². The largest absolute Gasteiger partial charge is 0.493 e. The zero-order valence-corrected chi connectivity index (χ0v) is 14.2. The van der Waals surface area contributed by atoms with Gasteiger partial charge in [0.05, 0.1) is 27.0 Å². The van der Waals surface area contributed by atoms with Gasteiger partial charge in [-0.25, -0.2) is 0 Å². The summed E-state index contributed by atoms with van der Waals surface area (Å²) in [6.07, 6.45) is 2.46. The molecule has 0 fully saturated rings. The Labute approximate surface area is 140 Å².